The fourth-order valence-electron chi connectivity index (χ4n) is 2.63. The van der Waals surface area contributed by atoms with Crippen LogP contribution in [0, 0.1) is 0 Å². The number of carbonyl (C=O) groups is 1. The first-order valence-corrected chi connectivity index (χ1v) is 7.46. The Hall–Kier alpha value is -2.80. The van der Waals surface area contributed by atoms with Crippen LogP contribution in [0.5, 0.6) is 0 Å². The van der Waals surface area contributed by atoms with Gasteiger partial charge < -0.3 is 9.64 Å². The molecule has 1 aromatic carbocycles. The zero-order chi connectivity index (χ0) is 15.6. The maximum absolute atomic E-state index is 12.6. The summed E-state index contributed by atoms with van der Waals surface area (Å²) < 4.78 is 5.28. The lowest BCUT2D eigenvalue weighted by atomic mass is 10.1. The monoisotopic (exact) mass is 309 g/mol. The Morgan fingerprint density at radius 1 is 1.17 bits per heavy atom. The minimum atomic E-state index is -0.122. The number of hydrogen-bond donors (Lipinski definition) is 1. The van der Waals surface area contributed by atoms with Crippen molar-refractivity contribution in [2.24, 2.45) is 0 Å². The second-order valence-electron chi connectivity index (χ2n) is 5.30. The molecule has 1 saturated heterocycles. The van der Waals surface area contributed by atoms with Gasteiger partial charge in [0.1, 0.15) is 11.2 Å². The lowest BCUT2D eigenvalue weighted by molar-refractivity contribution is 0.0299. The average molecular weight is 309 g/mol. The standard InChI is InChI=1S/C16H15N5O2/c22-16(21-6-8-23-9-7-21)12-10-17-15-14(18-12)13(19-20-15)11-4-2-1-3-5-11/h1-5,10H,6-9H2,(H,17,19,20). The fraction of sp³-hybridized carbons (Fsp3) is 0.250. The zero-order valence-corrected chi connectivity index (χ0v) is 12.4. The van der Waals surface area contributed by atoms with Gasteiger partial charge in [0.05, 0.1) is 25.1 Å². The van der Waals surface area contributed by atoms with Crippen molar-refractivity contribution in [1.29, 1.82) is 0 Å². The molecule has 1 aliphatic heterocycles. The number of amides is 1. The molecular formula is C16H15N5O2. The van der Waals surface area contributed by atoms with Crippen molar-refractivity contribution in [3.05, 3.63) is 42.2 Å². The van der Waals surface area contributed by atoms with Crippen LogP contribution in [0.2, 0.25) is 0 Å². The molecule has 116 valence electrons. The topological polar surface area (TPSA) is 84.0 Å². The Kier molecular flexibility index (Phi) is 3.47. The van der Waals surface area contributed by atoms with E-state index in [-0.39, 0.29) is 5.91 Å². The van der Waals surface area contributed by atoms with E-state index in [2.05, 4.69) is 20.2 Å². The van der Waals surface area contributed by atoms with E-state index in [0.717, 1.165) is 11.3 Å². The smallest absolute Gasteiger partial charge is 0.274 e. The van der Waals surface area contributed by atoms with E-state index in [0.29, 0.717) is 43.2 Å². The molecule has 0 saturated carbocycles. The lowest BCUT2D eigenvalue weighted by Crippen LogP contribution is -2.41. The Labute approximate surface area is 132 Å². The van der Waals surface area contributed by atoms with Crippen LogP contribution in [-0.4, -0.2) is 57.3 Å². The first kappa shape index (κ1) is 13.8. The van der Waals surface area contributed by atoms with E-state index in [4.69, 9.17) is 4.74 Å². The number of carbonyl (C=O) groups excluding carboxylic acids is 1. The van der Waals surface area contributed by atoms with Crippen molar-refractivity contribution < 1.29 is 9.53 Å². The van der Waals surface area contributed by atoms with Crippen molar-refractivity contribution >= 4 is 17.1 Å². The Morgan fingerprint density at radius 3 is 2.74 bits per heavy atom. The zero-order valence-electron chi connectivity index (χ0n) is 12.4. The van der Waals surface area contributed by atoms with Gasteiger partial charge in [-0.05, 0) is 0 Å². The number of rotatable bonds is 2. The van der Waals surface area contributed by atoms with Gasteiger partial charge >= 0.3 is 0 Å². The van der Waals surface area contributed by atoms with Crippen LogP contribution in [0.1, 0.15) is 10.5 Å². The van der Waals surface area contributed by atoms with E-state index in [1.54, 1.807) is 4.90 Å². The highest BCUT2D eigenvalue weighted by Crippen LogP contribution is 2.23. The molecule has 3 heterocycles. The van der Waals surface area contributed by atoms with E-state index in [1.807, 2.05) is 30.3 Å². The van der Waals surface area contributed by atoms with Crippen LogP contribution in [0.15, 0.2) is 36.5 Å². The van der Waals surface area contributed by atoms with E-state index in [1.165, 1.54) is 6.20 Å². The summed E-state index contributed by atoms with van der Waals surface area (Å²) in [7, 11) is 0. The van der Waals surface area contributed by atoms with Crippen LogP contribution in [0.25, 0.3) is 22.4 Å². The highest BCUT2D eigenvalue weighted by atomic mass is 16.5. The summed E-state index contributed by atoms with van der Waals surface area (Å²) >= 11 is 0. The van der Waals surface area contributed by atoms with Crippen LogP contribution in [-0.2, 0) is 4.74 Å². The summed E-state index contributed by atoms with van der Waals surface area (Å²) in [5.74, 6) is -0.122. The third kappa shape index (κ3) is 2.55. The first-order chi connectivity index (χ1) is 11.3. The molecule has 3 aromatic rings. The predicted octanol–water partition coefficient (Wildman–Crippen LogP) is 1.49. The molecule has 23 heavy (non-hydrogen) atoms. The van der Waals surface area contributed by atoms with Gasteiger partial charge in [-0.25, -0.2) is 9.97 Å². The number of nitrogens with zero attached hydrogens (tertiary/aromatic N) is 4. The van der Waals surface area contributed by atoms with Gasteiger partial charge in [0, 0.05) is 18.7 Å². The number of aromatic amines is 1. The van der Waals surface area contributed by atoms with Gasteiger partial charge in [-0.15, -0.1) is 0 Å². The minimum Gasteiger partial charge on any atom is -0.378 e. The van der Waals surface area contributed by atoms with Crippen molar-refractivity contribution in [3.8, 4) is 11.3 Å². The molecule has 0 spiro atoms. The number of hydrogen-bond acceptors (Lipinski definition) is 5. The van der Waals surface area contributed by atoms with E-state index in [9.17, 15) is 4.79 Å². The highest BCUT2D eigenvalue weighted by Gasteiger charge is 2.21. The second-order valence-corrected chi connectivity index (χ2v) is 5.30. The third-order valence-corrected chi connectivity index (χ3v) is 3.84. The highest BCUT2D eigenvalue weighted by molar-refractivity contribution is 5.95. The minimum absolute atomic E-state index is 0.122. The number of H-pyrrole nitrogens is 1. The Morgan fingerprint density at radius 2 is 1.96 bits per heavy atom. The van der Waals surface area contributed by atoms with Crippen LogP contribution in [0.3, 0.4) is 0 Å². The first-order valence-electron chi connectivity index (χ1n) is 7.46. The molecular weight excluding hydrogens is 294 g/mol. The Balaban J connectivity index is 1.73. The van der Waals surface area contributed by atoms with Crippen molar-refractivity contribution in [3.63, 3.8) is 0 Å². The summed E-state index contributed by atoms with van der Waals surface area (Å²) in [6.07, 6.45) is 1.48. The van der Waals surface area contributed by atoms with Crippen LogP contribution < -0.4 is 0 Å². The molecule has 1 amide bonds. The molecule has 0 radical (unpaired) electrons. The summed E-state index contributed by atoms with van der Waals surface area (Å²) in [4.78, 5) is 23.0. The maximum Gasteiger partial charge on any atom is 0.274 e. The molecule has 0 bridgehead atoms. The summed E-state index contributed by atoms with van der Waals surface area (Å²) in [6, 6.07) is 9.76. The molecule has 1 aliphatic rings. The molecule has 0 aliphatic carbocycles. The van der Waals surface area contributed by atoms with Crippen molar-refractivity contribution in [2.45, 2.75) is 0 Å². The van der Waals surface area contributed by atoms with Gasteiger partial charge in [0.2, 0.25) is 0 Å². The predicted molar refractivity (Wildman–Crippen MR) is 83.8 cm³/mol. The van der Waals surface area contributed by atoms with Crippen molar-refractivity contribution in [2.75, 3.05) is 26.3 Å². The maximum atomic E-state index is 12.6. The van der Waals surface area contributed by atoms with Gasteiger partial charge in [0.25, 0.3) is 5.91 Å². The summed E-state index contributed by atoms with van der Waals surface area (Å²) in [5, 5.41) is 7.12. The largest absolute Gasteiger partial charge is 0.378 e. The van der Waals surface area contributed by atoms with Gasteiger partial charge in [-0.1, -0.05) is 30.3 Å². The van der Waals surface area contributed by atoms with Gasteiger partial charge in [-0.2, -0.15) is 5.10 Å². The van der Waals surface area contributed by atoms with Gasteiger partial charge in [0.15, 0.2) is 5.65 Å². The normalized spacial score (nSPS) is 15.0. The molecule has 1 fully saturated rings. The molecule has 2 aromatic heterocycles. The number of nitrogens with one attached hydrogen (secondary N) is 1. The molecule has 0 unspecified atom stereocenters. The van der Waals surface area contributed by atoms with Gasteiger partial charge in [-0.3, -0.25) is 9.89 Å². The molecule has 1 N–H and O–H groups in total. The van der Waals surface area contributed by atoms with Crippen LogP contribution in [0.4, 0.5) is 0 Å². The van der Waals surface area contributed by atoms with E-state index >= 15 is 0 Å². The number of ether oxygens (including phenoxy) is 1. The quantitative estimate of drug-likeness (QED) is 0.775. The fourth-order valence-corrected chi connectivity index (χ4v) is 2.63. The van der Waals surface area contributed by atoms with E-state index < -0.39 is 0 Å². The molecule has 7 nitrogen and oxygen atoms in total. The van der Waals surface area contributed by atoms with Crippen molar-refractivity contribution in [1.82, 2.24) is 25.1 Å². The third-order valence-electron chi connectivity index (χ3n) is 3.84. The molecule has 0 atom stereocenters. The number of aromatic nitrogens is 4. The molecule has 7 heteroatoms. The summed E-state index contributed by atoms with van der Waals surface area (Å²) in [6.45, 7) is 2.27. The lowest BCUT2D eigenvalue weighted by Gasteiger charge is -2.26. The second kappa shape index (κ2) is 5.77. The number of morpholine rings is 1. The molecule has 4 rings (SSSR count). The Bertz CT molecular complexity index is 840. The number of benzene rings is 1. The average Bonchev–Trinajstić information content (AvgIpc) is 3.05. The van der Waals surface area contributed by atoms with Crippen LogP contribution >= 0.6 is 0 Å². The number of fused-ring (bicyclic) bond motifs is 1. The summed E-state index contributed by atoms with van der Waals surface area (Å²) in [5.41, 5.74) is 3.17. The SMILES string of the molecule is O=C(c1cnc2n[nH]c(-c3ccccc3)c2n1)N1CCOCC1.